The van der Waals surface area contributed by atoms with E-state index in [0.717, 1.165) is 16.7 Å². The van der Waals surface area contributed by atoms with Gasteiger partial charge in [0.05, 0.1) is 5.56 Å². The highest BCUT2D eigenvalue weighted by Gasteiger charge is 2.05. The molecule has 1 heterocycles. The number of fused-ring (bicyclic) bond motifs is 1. The maximum Gasteiger partial charge on any atom is 0.335 e. The van der Waals surface area contributed by atoms with Crippen LogP contribution < -0.4 is 0 Å². The Kier molecular flexibility index (Phi) is 1.59. The summed E-state index contributed by atoms with van der Waals surface area (Å²) < 4.78 is 5.31. The molecule has 2 rings (SSSR count). The van der Waals surface area contributed by atoms with E-state index in [9.17, 15) is 4.79 Å². The maximum absolute atomic E-state index is 10.6. The van der Waals surface area contributed by atoms with Crippen LogP contribution in [0.25, 0.3) is 11.0 Å². The molecule has 1 aromatic carbocycles. The Morgan fingerprint density at radius 2 is 2.15 bits per heavy atom. The second kappa shape index (κ2) is 2.62. The summed E-state index contributed by atoms with van der Waals surface area (Å²) in [6, 6.07) is 6.63. The van der Waals surface area contributed by atoms with Gasteiger partial charge in [-0.2, -0.15) is 0 Å². The van der Waals surface area contributed by atoms with Gasteiger partial charge in [0.1, 0.15) is 11.3 Å². The van der Waals surface area contributed by atoms with Crippen molar-refractivity contribution in [3.05, 3.63) is 35.6 Å². The molecule has 0 radical (unpaired) electrons. The van der Waals surface area contributed by atoms with E-state index in [1.54, 1.807) is 12.1 Å². The molecule has 2 aromatic rings. The van der Waals surface area contributed by atoms with Gasteiger partial charge < -0.3 is 9.52 Å². The Morgan fingerprint density at radius 3 is 2.85 bits per heavy atom. The van der Waals surface area contributed by atoms with Gasteiger partial charge in [0, 0.05) is 5.39 Å². The van der Waals surface area contributed by atoms with Crippen molar-refractivity contribution in [1.82, 2.24) is 0 Å². The van der Waals surface area contributed by atoms with Crippen LogP contribution >= 0.6 is 0 Å². The fourth-order valence-electron chi connectivity index (χ4n) is 1.31. The van der Waals surface area contributed by atoms with Gasteiger partial charge in [-0.25, -0.2) is 4.79 Å². The van der Waals surface area contributed by atoms with Crippen molar-refractivity contribution in [1.29, 1.82) is 0 Å². The lowest BCUT2D eigenvalue weighted by atomic mass is 10.1. The number of furan rings is 1. The van der Waals surface area contributed by atoms with E-state index in [1.807, 2.05) is 13.0 Å². The summed E-state index contributed by atoms with van der Waals surface area (Å²) in [5, 5.41) is 9.55. The van der Waals surface area contributed by atoms with E-state index in [0.29, 0.717) is 0 Å². The van der Waals surface area contributed by atoms with Gasteiger partial charge in [-0.05, 0) is 31.2 Å². The molecule has 1 aromatic heterocycles. The number of benzene rings is 1. The number of carboxylic acids is 1. The van der Waals surface area contributed by atoms with Crippen LogP contribution in [-0.2, 0) is 0 Å². The molecule has 3 heteroatoms. The van der Waals surface area contributed by atoms with Crippen molar-refractivity contribution in [2.24, 2.45) is 0 Å². The molecule has 0 aliphatic heterocycles. The minimum atomic E-state index is -0.916. The molecular formula is C10H8O3. The molecule has 0 spiro atoms. The number of hydrogen-bond donors (Lipinski definition) is 1. The van der Waals surface area contributed by atoms with Crippen LogP contribution in [0.2, 0.25) is 0 Å². The van der Waals surface area contributed by atoms with Crippen LogP contribution in [0.4, 0.5) is 0 Å². The molecule has 0 aliphatic rings. The quantitative estimate of drug-likeness (QED) is 0.725. The third-order valence-electron chi connectivity index (χ3n) is 1.89. The van der Waals surface area contributed by atoms with Gasteiger partial charge >= 0.3 is 5.97 Å². The molecule has 13 heavy (non-hydrogen) atoms. The Morgan fingerprint density at radius 1 is 1.38 bits per heavy atom. The number of carbonyl (C=O) groups is 1. The fraction of sp³-hybridized carbons (Fsp3) is 0.100. The molecule has 0 saturated carbocycles. The number of hydrogen-bond acceptors (Lipinski definition) is 2. The third-order valence-corrected chi connectivity index (χ3v) is 1.89. The first-order chi connectivity index (χ1) is 6.16. The molecule has 0 saturated heterocycles. The monoisotopic (exact) mass is 176 g/mol. The Bertz CT molecular complexity index is 468. The summed E-state index contributed by atoms with van der Waals surface area (Å²) in [7, 11) is 0. The first-order valence-electron chi connectivity index (χ1n) is 3.90. The number of rotatable bonds is 1. The molecule has 0 unspecified atom stereocenters. The molecule has 0 bridgehead atoms. The van der Waals surface area contributed by atoms with Crippen LogP contribution in [-0.4, -0.2) is 11.1 Å². The smallest absolute Gasteiger partial charge is 0.335 e. The normalized spacial score (nSPS) is 10.5. The summed E-state index contributed by atoms with van der Waals surface area (Å²) >= 11 is 0. The molecule has 1 N–H and O–H groups in total. The fourth-order valence-corrected chi connectivity index (χ4v) is 1.31. The highest BCUT2D eigenvalue weighted by atomic mass is 16.4. The van der Waals surface area contributed by atoms with Crippen LogP contribution in [0, 0.1) is 6.92 Å². The van der Waals surface area contributed by atoms with Crippen LogP contribution in [0.5, 0.6) is 0 Å². The minimum Gasteiger partial charge on any atom is -0.478 e. The van der Waals surface area contributed by atoms with Gasteiger partial charge in [0.15, 0.2) is 0 Å². The summed E-state index contributed by atoms with van der Waals surface area (Å²) in [5.74, 6) is -0.127. The topological polar surface area (TPSA) is 50.4 Å². The Hall–Kier alpha value is -1.77. The molecule has 0 fully saturated rings. The molecule has 66 valence electrons. The molecule has 3 nitrogen and oxygen atoms in total. The van der Waals surface area contributed by atoms with Gasteiger partial charge in [0.2, 0.25) is 0 Å². The van der Waals surface area contributed by atoms with Gasteiger partial charge in [-0.1, -0.05) is 0 Å². The average Bonchev–Trinajstić information content (AvgIpc) is 2.42. The van der Waals surface area contributed by atoms with Crippen LogP contribution in [0.3, 0.4) is 0 Å². The second-order valence-electron chi connectivity index (χ2n) is 2.91. The lowest BCUT2D eigenvalue weighted by Crippen LogP contribution is -1.94. The Labute approximate surface area is 74.6 Å². The van der Waals surface area contributed by atoms with Gasteiger partial charge in [-0.15, -0.1) is 0 Å². The second-order valence-corrected chi connectivity index (χ2v) is 2.91. The van der Waals surface area contributed by atoms with Crippen LogP contribution in [0.15, 0.2) is 28.7 Å². The largest absolute Gasteiger partial charge is 0.478 e. The standard InChI is InChI=1S/C10H8O3/c1-6-4-8-5-7(10(11)12)2-3-9(8)13-6/h2-5H,1H3,(H,11,12). The van der Waals surface area contributed by atoms with E-state index < -0.39 is 5.97 Å². The zero-order valence-corrected chi connectivity index (χ0v) is 7.07. The SMILES string of the molecule is Cc1cc2cc(C(=O)O)ccc2o1. The van der Waals surface area contributed by atoms with Crippen molar-refractivity contribution in [2.45, 2.75) is 6.92 Å². The van der Waals surface area contributed by atoms with E-state index in [4.69, 9.17) is 9.52 Å². The van der Waals surface area contributed by atoms with Crippen LogP contribution in [0.1, 0.15) is 16.1 Å². The number of carboxylic acid groups (broad SMARTS) is 1. The molecule has 0 atom stereocenters. The summed E-state index contributed by atoms with van der Waals surface area (Å²) in [6.45, 7) is 1.83. The van der Waals surface area contributed by atoms with Gasteiger partial charge in [0.25, 0.3) is 0 Å². The van der Waals surface area contributed by atoms with E-state index in [-0.39, 0.29) is 5.56 Å². The summed E-state index contributed by atoms with van der Waals surface area (Å²) in [5.41, 5.74) is 1.01. The highest BCUT2D eigenvalue weighted by Crippen LogP contribution is 2.19. The first-order valence-corrected chi connectivity index (χ1v) is 3.90. The van der Waals surface area contributed by atoms with Crippen molar-refractivity contribution >= 4 is 16.9 Å². The van der Waals surface area contributed by atoms with Crippen molar-refractivity contribution in [3.63, 3.8) is 0 Å². The minimum absolute atomic E-state index is 0.285. The highest BCUT2D eigenvalue weighted by molar-refractivity contribution is 5.93. The third kappa shape index (κ3) is 1.28. The average molecular weight is 176 g/mol. The lowest BCUT2D eigenvalue weighted by Gasteiger charge is -1.92. The molecule has 0 aliphatic carbocycles. The number of aromatic carboxylic acids is 1. The number of aryl methyl sites for hydroxylation is 1. The molecular weight excluding hydrogens is 168 g/mol. The predicted octanol–water partition coefficient (Wildman–Crippen LogP) is 2.44. The molecule has 0 amide bonds. The maximum atomic E-state index is 10.6. The first kappa shape index (κ1) is 7.86. The van der Waals surface area contributed by atoms with Gasteiger partial charge in [-0.3, -0.25) is 0 Å². The zero-order valence-electron chi connectivity index (χ0n) is 7.07. The summed E-state index contributed by atoms with van der Waals surface area (Å²) in [6.07, 6.45) is 0. The van der Waals surface area contributed by atoms with Crippen molar-refractivity contribution in [3.8, 4) is 0 Å². The Balaban J connectivity index is 2.67. The summed E-state index contributed by atoms with van der Waals surface area (Å²) in [4.78, 5) is 10.6. The van der Waals surface area contributed by atoms with Crippen molar-refractivity contribution in [2.75, 3.05) is 0 Å². The zero-order chi connectivity index (χ0) is 9.42. The predicted molar refractivity (Wildman–Crippen MR) is 47.9 cm³/mol. The van der Waals surface area contributed by atoms with E-state index in [2.05, 4.69) is 0 Å². The lowest BCUT2D eigenvalue weighted by molar-refractivity contribution is 0.0697. The van der Waals surface area contributed by atoms with E-state index >= 15 is 0 Å². The van der Waals surface area contributed by atoms with E-state index in [1.165, 1.54) is 6.07 Å². The van der Waals surface area contributed by atoms with Crippen molar-refractivity contribution < 1.29 is 14.3 Å².